The highest BCUT2D eigenvalue weighted by Gasteiger charge is 2.52. The van der Waals surface area contributed by atoms with Gasteiger partial charge < -0.3 is 10.2 Å². The molecule has 2 N–H and O–H groups in total. The van der Waals surface area contributed by atoms with Crippen molar-refractivity contribution in [3.63, 3.8) is 0 Å². The first-order valence-electron chi connectivity index (χ1n) is 3.34. The van der Waals surface area contributed by atoms with Crippen molar-refractivity contribution in [2.24, 2.45) is 11.3 Å². The molecular weight excluding hydrogens is 116 g/mol. The third-order valence-corrected chi connectivity index (χ3v) is 2.52. The normalized spacial score (nSPS) is 48.3. The van der Waals surface area contributed by atoms with Gasteiger partial charge in [-0.25, -0.2) is 0 Å². The maximum absolute atomic E-state index is 9.25. The lowest BCUT2D eigenvalue weighted by molar-refractivity contribution is -0.194. The fourth-order valence-electron chi connectivity index (χ4n) is 1.58. The third kappa shape index (κ3) is 0.700. The Balaban J connectivity index is 2.62. The predicted octanol–water partition coefficient (Wildman–Crippen LogP) is 0.384. The number of hydrogen-bond donors (Lipinski definition) is 2. The van der Waals surface area contributed by atoms with Crippen LogP contribution in [0.3, 0.4) is 0 Å². The van der Waals surface area contributed by atoms with Crippen molar-refractivity contribution in [2.45, 2.75) is 33.0 Å². The third-order valence-electron chi connectivity index (χ3n) is 2.52. The van der Waals surface area contributed by atoms with Gasteiger partial charge in [-0.3, -0.25) is 0 Å². The highest BCUT2D eigenvalue weighted by Crippen LogP contribution is 2.44. The summed E-state index contributed by atoms with van der Waals surface area (Å²) in [6, 6.07) is 0. The summed E-state index contributed by atoms with van der Waals surface area (Å²) in [6.07, 6.45) is -0.653. The quantitative estimate of drug-likeness (QED) is 0.498. The molecule has 1 fully saturated rings. The fraction of sp³-hybridized carbons (Fsp3) is 1.00. The lowest BCUT2D eigenvalue weighted by atomic mass is 9.60. The first-order valence-corrected chi connectivity index (χ1v) is 3.34. The van der Waals surface area contributed by atoms with Gasteiger partial charge in [0.05, 0.1) is 12.2 Å². The Labute approximate surface area is 55.5 Å². The maximum Gasteiger partial charge on any atom is 0.0666 e. The second-order valence-electron chi connectivity index (χ2n) is 3.57. The van der Waals surface area contributed by atoms with Gasteiger partial charge in [-0.1, -0.05) is 20.8 Å². The molecule has 0 bridgehead atoms. The van der Waals surface area contributed by atoms with E-state index in [4.69, 9.17) is 0 Å². The van der Waals surface area contributed by atoms with E-state index in [-0.39, 0.29) is 23.5 Å². The van der Waals surface area contributed by atoms with Crippen LogP contribution < -0.4 is 0 Å². The minimum absolute atomic E-state index is 0.0556. The minimum atomic E-state index is -0.326. The predicted molar refractivity (Wildman–Crippen MR) is 35.0 cm³/mol. The zero-order valence-electron chi connectivity index (χ0n) is 6.13. The Morgan fingerprint density at radius 3 is 1.56 bits per heavy atom. The topological polar surface area (TPSA) is 40.5 Å². The number of aliphatic hydroxyl groups is 2. The van der Waals surface area contributed by atoms with Crippen LogP contribution >= 0.6 is 0 Å². The van der Waals surface area contributed by atoms with E-state index < -0.39 is 0 Å². The van der Waals surface area contributed by atoms with Crippen molar-refractivity contribution < 1.29 is 10.2 Å². The Hall–Kier alpha value is -0.0800. The molecule has 9 heavy (non-hydrogen) atoms. The van der Waals surface area contributed by atoms with E-state index in [9.17, 15) is 10.2 Å². The van der Waals surface area contributed by atoms with Crippen molar-refractivity contribution in [2.75, 3.05) is 0 Å². The lowest BCUT2D eigenvalue weighted by Crippen LogP contribution is -2.60. The van der Waals surface area contributed by atoms with E-state index in [1.165, 1.54) is 0 Å². The SMILES string of the molecule is CC1C(O)C(C)(C)C1O. The smallest absolute Gasteiger partial charge is 0.0666 e. The van der Waals surface area contributed by atoms with E-state index in [1.807, 2.05) is 20.8 Å². The molecule has 0 heterocycles. The fourth-order valence-corrected chi connectivity index (χ4v) is 1.58. The van der Waals surface area contributed by atoms with Crippen LogP contribution in [0.25, 0.3) is 0 Å². The molecule has 0 aliphatic heterocycles. The minimum Gasteiger partial charge on any atom is -0.392 e. The van der Waals surface area contributed by atoms with E-state index >= 15 is 0 Å². The standard InChI is InChI=1S/C7H14O2/c1-4-5(8)7(2,3)6(4)9/h4-6,8-9H,1-3H3. The molecular formula is C7H14O2. The molecule has 54 valence electrons. The molecule has 1 aliphatic rings. The number of rotatable bonds is 0. The van der Waals surface area contributed by atoms with Gasteiger partial charge in [0.15, 0.2) is 0 Å². The van der Waals surface area contributed by atoms with Crippen LogP contribution in [0.5, 0.6) is 0 Å². The van der Waals surface area contributed by atoms with Crippen LogP contribution in [0.1, 0.15) is 20.8 Å². The molecule has 2 atom stereocenters. The van der Waals surface area contributed by atoms with Crippen molar-refractivity contribution in [1.29, 1.82) is 0 Å². The first kappa shape index (κ1) is 7.03. The van der Waals surface area contributed by atoms with Gasteiger partial charge in [-0.15, -0.1) is 0 Å². The molecule has 1 aliphatic carbocycles. The zero-order chi connectivity index (χ0) is 7.23. The van der Waals surface area contributed by atoms with Crippen molar-refractivity contribution in [3.05, 3.63) is 0 Å². The molecule has 1 saturated carbocycles. The van der Waals surface area contributed by atoms with E-state index in [0.717, 1.165) is 0 Å². The summed E-state index contributed by atoms with van der Waals surface area (Å²) < 4.78 is 0. The largest absolute Gasteiger partial charge is 0.392 e. The Kier molecular flexibility index (Phi) is 1.33. The number of hydrogen-bond acceptors (Lipinski definition) is 2. The molecule has 0 amide bonds. The average molecular weight is 130 g/mol. The van der Waals surface area contributed by atoms with Gasteiger partial charge in [0.1, 0.15) is 0 Å². The molecule has 0 radical (unpaired) electrons. The van der Waals surface area contributed by atoms with Crippen LogP contribution in [0, 0.1) is 11.3 Å². The summed E-state index contributed by atoms with van der Waals surface area (Å²) in [6.45, 7) is 5.62. The summed E-state index contributed by atoms with van der Waals surface area (Å²) in [7, 11) is 0. The summed E-state index contributed by atoms with van der Waals surface area (Å²) in [5, 5.41) is 18.5. The van der Waals surface area contributed by atoms with Crippen molar-refractivity contribution in [3.8, 4) is 0 Å². The van der Waals surface area contributed by atoms with E-state index in [1.54, 1.807) is 0 Å². The van der Waals surface area contributed by atoms with Crippen LogP contribution in [-0.2, 0) is 0 Å². The van der Waals surface area contributed by atoms with Crippen LogP contribution in [0.15, 0.2) is 0 Å². The Morgan fingerprint density at radius 2 is 1.44 bits per heavy atom. The average Bonchev–Trinajstić information content (AvgIpc) is 1.84. The van der Waals surface area contributed by atoms with Crippen LogP contribution in [0.2, 0.25) is 0 Å². The molecule has 2 heteroatoms. The molecule has 0 saturated heterocycles. The summed E-state index contributed by atoms with van der Waals surface area (Å²) in [5.74, 6) is 0.0556. The van der Waals surface area contributed by atoms with E-state index in [2.05, 4.69) is 0 Å². The van der Waals surface area contributed by atoms with Gasteiger partial charge in [0, 0.05) is 11.3 Å². The van der Waals surface area contributed by atoms with Gasteiger partial charge in [0.2, 0.25) is 0 Å². The van der Waals surface area contributed by atoms with Gasteiger partial charge >= 0.3 is 0 Å². The van der Waals surface area contributed by atoms with Crippen molar-refractivity contribution in [1.82, 2.24) is 0 Å². The van der Waals surface area contributed by atoms with Gasteiger partial charge in [-0.2, -0.15) is 0 Å². The van der Waals surface area contributed by atoms with Crippen LogP contribution in [0.4, 0.5) is 0 Å². The molecule has 2 nitrogen and oxygen atoms in total. The molecule has 0 spiro atoms. The maximum atomic E-state index is 9.25. The Morgan fingerprint density at radius 1 is 1.11 bits per heavy atom. The summed E-state index contributed by atoms with van der Waals surface area (Å²) >= 11 is 0. The van der Waals surface area contributed by atoms with Gasteiger partial charge in [-0.05, 0) is 0 Å². The lowest BCUT2D eigenvalue weighted by Gasteiger charge is -2.51. The second-order valence-corrected chi connectivity index (χ2v) is 3.57. The molecule has 0 aromatic rings. The number of aliphatic hydroxyl groups excluding tert-OH is 2. The molecule has 0 aromatic carbocycles. The van der Waals surface area contributed by atoms with Crippen molar-refractivity contribution >= 4 is 0 Å². The van der Waals surface area contributed by atoms with Crippen LogP contribution in [-0.4, -0.2) is 22.4 Å². The zero-order valence-corrected chi connectivity index (χ0v) is 6.13. The summed E-state index contributed by atoms with van der Waals surface area (Å²) in [4.78, 5) is 0. The second kappa shape index (κ2) is 1.70. The van der Waals surface area contributed by atoms with Gasteiger partial charge in [0.25, 0.3) is 0 Å². The Bertz CT molecular complexity index is 108. The molecule has 1 rings (SSSR count). The summed E-state index contributed by atoms with van der Waals surface area (Å²) in [5.41, 5.74) is -0.278. The highest BCUT2D eigenvalue weighted by molar-refractivity contribution is 5.01. The molecule has 2 unspecified atom stereocenters. The highest BCUT2D eigenvalue weighted by atomic mass is 16.3. The molecule has 0 aromatic heterocycles. The monoisotopic (exact) mass is 130 g/mol. The van der Waals surface area contributed by atoms with E-state index in [0.29, 0.717) is 0 Å². The first-order chi connectivity index (χ1) is 3.98.